The van der Waals surface area contributed by atoms with Crippen LogP contribution in [0.4, 0.5) is 0 Å². The molecule has 0 radical (unpaired) electrons. The summed E-state index contributed by atoms with van der Waals surface area (Å²) in [6, 6.07) is 8.53. The maximum atomic E-state index is 13.5. The zero-order chi connectivity index (χ0) is 19.5. The average Bonchev–Trinajstić information content (AvgIpc) is 3.28. The van der Waals surface area contributed by atoms with Crippen LogP contribution < -0.4 is 0 Å². The molecule has 2 aromatic rings. The quantitative estimate of drug-likeness (QED) is 0.517. The predicted octanol–water partition coefficient (Wildman–Crippen LogP) is 5.91. The molecule has 1 aromatic carbocycles. The molecule has 1 aromatic heterocycles. The number of benzene rings is 1. The van der Waals surface area contributed by atoms with Crippen molar-refractivity contribution in [2.24, 2.45) is 0 Å². The Kier molecular flexibility index (Phi) is 6.54. The smallest absolute Gasteiger partial charge is 0.264 e. The minimum absolute atomic E-state index is 0.154. The van der Waals surface area contributed by atoms with E-state index in [0.717, 1.165) is 47.2 Å². The second kappa shape index (κ2) is 9.10. The summed E-state index contributed by atoms with van der Waals surface area (Å²) in [5.74, 6) is 0.154. The Balaban J connectivity index is 1.57. The van der Waals surface area contributed by atoms with Gasteiger partial charge in [0, 0.05) is 29.0 Å². The standard InChI is InChI=1S/C23H28BrNO2S/c1-16-9-10-18(20(24)12-16)14-25(15-19-7-5-11-27-19)23(26)22-13-17-6-3-2-4-8-21(17)28-22/h9-10,12-13,19H,2-8,11,14-15H2,1H3. The molecular weight excluding hydrogens is 434 g/mol. The van der Waals surface area contributed by atoms with Crippen molar-refractivity contribution in [1.29, 1.82) is 0 Å². The molecule has 2 aliphatic rings. The Morgan fingerprint density at radius 2 is 2.07 bits per heavy atom. The van der Waals surface area contributed by atoms with Crippen LogP contribution in [0.25, 0.3) is 0 Å². The number of carbonyl (C=O) groups is 1. The number of carbonyl (C=O) groups excluding carboxylic acids is 1. The summed E-state index contributed by atoms with van der Waals surface area (Å²) in [6.07, 6.45) is 8.33. The normalized spacial score (nSPS) is 19.3. The van der Waals surface area contributed by atoms with Crippen LogP contribution in [-0.4, -0.2) is 30.1 Å². The Morgan fingerprint density at radius 1 is 1.21 bits per heavy atom. The second-order valence-corrected chi connectivity index (χ2v) is 10.0. The van der Waals surface area contributed by atoms with E-state index in [-0.39, 0.29) is 12.0 Å². The number of amides is 1. The Hall–Kier alpha value is -1.17. The van der Waals surface area contributed by atoms with Crippen molar-refractivity contribution in [3.05, 3.63) is 55.2 Å². The van der Waals surface area contributed by atoms with E-state index in [2.05, 4.69) is 47.1 Å². The number of hydrogen-bond acceptors (Lipinski definition) is 3. The molecule has 150 valence electrons. The van der Waals surface area contributed by atoms with Crippen molar-refractivity contribution in [3.63, 3.8) is 0 Å². The van der Waals surface area contributed by atoms with Gasteiger partial charge in [-0.25, -0.2) is 0 Å². The summed E-state index contributed by atoms with van der Waals surface area (Å²) in [5, 5.41) is 0. The first kappa shape index (κ1) is 20.1. The van der Waals surface area contributed by atoms with Crippen LogP contribution in [0.3, 0.4) is 0 Å². The van der Waals surface area contributed by atoms with Crippen LogP contribution in [-0.2, 0) is 24.1 Å². The molecule has 1 aliphatic heterocycles. The first-order valence-corrected chi connectivity index (χ1v) is 12.0. The predicted molar refractivity (Wildman–Crippen MR) is 118 cm³/mol. The first-order chi connectivity index (χ1) is 13.6. The third-order valence-electron chi connectivity index (χ3n) is 5.76. The van der Waals surface area contributed by atoms with Crippen LogP contribution in [0, 0.1) is 6.92 Å². The summed E-state index contributed by atoms with van der Waals surface area (Å²) >= 11 is 5.40. The molecule has 0 spiro atoms. The lowest BCUT2D eigenvalue weighted by atomic mass is 10.1. The van der Waals surface area contributed by atoms with E-state index < -0.39 is 0 Å². The van der Waals surface area contributed by atoms with Crippen molar-refractivity contribution < 1.29 is 9.53 Å². The lowest BCUT2D eigenvalue weighted by molar-refractivity contribution is 0.0510. The van der Waals surface area contributed by atoms with Gasteiger partial charge in [0.15, 0.2) is 0 Å². The Bertz CT molecular complexity index is 818. The minimum atomic E-state index is 0.154. The number of halogens is 1. The fourth-order valence-corrected chi connectivity index (χ4v) is 6.01. The Morgan fingerprint density at radius 3 is 2.86 bits per heavy atom. The lowest BCUT2D eigenvalue weighted by Gasteiger charge is -2.26. The van der Waals surface area contributed by atoms with E-state index >= 15 is 0 Å². The molecule has 0 bridgehead atoms. The molecule has 2 heterocycles. The number of hydrogen-bond donors (Lipinski definition) is 0. The first-order valence-electron chi connectivity index (χ1n) is 10.4. The maximum Gasteiger partial charge on any atom is 0.264 e. The van der Waals surface area contributed by atoms with E-state index in [1.807, 2.05) is 4.90 Å². The van der Waals surface area contributed by atoms with Gasteiger partial charge in [-0.3, -0.25) is 4.79 Å². The van der Waals surface area contributed by atoms with Crippen molar-refractivity contribution >= 4 is 33.2 Å². The molecule has 1 saturated heterocycles. The van der Waals surface area contributed by atoms with E-state index in [4.69, 9.17) is 4.74 Å². The van der Waals surface area contributed by atoms with Crippen LogP contribution in [0.5, 0.6) is 0 Å². The molecule has 1 atom stereocenters. The van der Waals surface area contributed by atoms with Gasteiger partial charge >= 0.3 is 0 Å². The van der Waals surface area contributed by atoms with Crippen LogP contribution in [0.2, 0.25) is 0 Å². The van der Waals surface area contributed by atoms with Gasteiger partial charge in [0.25, 0.3) is 5.91 Å². The summed E-state index contributed by atoms with van der Waals surface area (Å²) in [5.41, 5.74) is 3.77. The van der Waals surface area contributed by atoms with Gasteiger partial charge in [-0.05, 0) is 74.3 Å². The number of ether oxygens (including phenoxy) is 1. The fourth-order valence-electron chi connectivity index (χ4n) is 4.17. The molecule has 4 rings (SSSR count). The van der Waals surface area contributed by atoms with Gasteiger partial charge in [-0.1, -0.05) is 34.5 Å². The third-order valence-corrected chi connectivity index (χ3v) is 7.73. The second-order valence-electron chi connectivity index (χ2n) is 8.04. The van der Waals surface area contributed by atoms with Crippen LogP contribution in [0.15, 0.2) is 28.7 Å². The number of fused-ring (bicyclic) bond motifs is 1. The highest BCUT2D eigenvalue weighted by atomic mass is 79.9. The van der Waals surface area contributed by atoms with Gasteiger partial charge in [-0.15, -0.1) is 11.3 Å². The SMILES string of the molecule is Cc1ccc(CN(CC2CCCO2)C(=O)c2cc3c(s2)CCCCC3)c(Br)c1. The molecular formula is C23H28BrNO2S. The van der Waals surface area contributed by atoms with Crippen molar-refractivity contribution in [1.82, 2.24) is 4.90 Å². The topological polar surface area (TPSA) is 29.5 Å². The largest absolute Gasteiger partial charge is 0.376 e. The monoisotopic (exact) mass is 461 g/mol. The van der Waals surface area contributed by atoms with E-state index in [1.54, 1.807) is 11.3 Å². The molecule has 3 nitrogen and oxygen atoms in total. The molecule has 5 heteroatoms. The van der Waals surface area contributed by atoms with E-state index in [9.17, 15) is 4.79 Å². The molecule has 1 aliphatic carbocycles. The van der Waals surface area contributed by atoms with Gasteiger partial charge in [-0.2, -0.15) is 0 Å². The van der Waals surface area contributed by atoms with Gasteiger partial charge in [0.2, 0.25) is 0 Å². The summed E-state index contributed by atoms with van der Waals surface area (Å²) in [7, 11) is 0. The highest BCUT2D eigenvalue weighted by Gasteiger charge is 2.26. The minimum Gasteiger partial charge on any atom is -0.376 e. The third kappa shape index (κ3) is 4.69. The zero-order valence-corrected chi connectivity index (χ0v) is 18.9. The van der Waals surface area contributed by atoms with Crippen LogP contribution in [0.1, 0.15) is 63.3 Å². The number of thiophene rings is 1. The van der Waals surface area contributed by atoms with Crippen LogP contribution >= 0.6 is 27.3 Å². The Labute approximate surface area is 180 Å². The molecule has 0 saturated carbocycles. The maximum absolute atomic E-state index is 13.5. The van der Waals surface area contributed by atoms with Gasteiger partial charge in [0.1, 0.15) is 0 Å². The van der Waals surface area contributed by atoms with E-state index in [0.29, 0.717) is 13.1 Å². The van der Waals surface area contributed by atoms with Gasteiger partial charge < -0.3 is 9.64 Å². The van der Waals surface area contributed by atoms with E-state index in [1.165, 1.54) is 35.3 Å². The molecule has 0 N–H and O–H groups in total. The van der Waals surface area contributed by atoms with Gasteiger partial charge in [0.05, 0.1) is 11.0 Å². The lowest BCUT2D eigenvalue weighted by Crippen LogP contribution is -2.36. The molecule has 1 unspecified atom stereocenters. The molecule has 1 fully saturated rings. The zero-order valence-electron chi connectivity index (χ0n) is 16.5. The van der Waals surface area contributed by atoms with Crippen molar-refractivity contribution in [3.8, 4) is 0 Å². The highest BCUT2D eigenvalue weighted by molar-refractivity contribution is 9.10. The molecule has 28 heavy (non-hydrogen) atoms. The number of rotatable bonds is 5. The highest BCUT2D eigenvalue weighted by Crippen LogP contribution is 2.31. The summed E-state index contributed by atoms with van der Waals surface area (Å²) in [4.78, 5) is 17.8. The summed E-state index contributed by atoms with van der Waals surface area (Å²) in [6.45, 7) is 4.18. The number of nitrogens with zero attached hydrogens (tertiary/aromatic N) is 1. The fraction of sp³-hybridized carbons (Fsp3) is 0.522. The molecule has 1 amide bonds. The number of aryl methyl sites for hydroxylation is 3. The average molecular weight is 462 g/mol. The summed E-state index contributed by atoms with van der Waals surface area (Å²) < 4.78 is 6.92. The van der Waals surface area contributed by atoms with Crippen molar-refractivity contribution in [2.45, 2.75) is 64.5 Å². The van der Waals surface area contributed by atoms with Crippen molar-refractivity contribution in [2.75, 3.05) is 13.2 Å².